The Morgan fingerprint density at radius 1 is 1.24 bits per heavy atom. The van der Waals surface area contributed by atoms with Crippen LogP contribution in [0.2, 0.25) is 0 Å². The number of imidazole rings is 1. The SMILES string of the molecule is CNC(=O)[C@H]1O[C@@H](n2cnc3c(NCc4cc(C#N)ccc4OCc4ccccc4)ncnc32)[C@H](O)[C@@H]1N. The zero-order chi connectivity index (χ0) is 26.6. The van der Waals surface area contributed by atoms with Gasteiger partial charge in [0.1, 0.15) is 24.8 Å². The third-order valence-electron chi connectivity index (χ3n) is 6.33. The molecule has 0 spiro atoms. The highest BCUT2D eigenvalue weighted by Gasteiger charge is 2.46. The number of amides is 1. The number of carbonyl (C=O) groups excluding carboxylic acids is 1. The number of fused-ring (bicyclic) bond motifs is 1. The Bertz CT molecular complexity index is 1490. The molecule has 1 aliphatic heterocycles. The Kier molecular flexibility index (Phi) is 7.14. The number of likely N-dealkylation sites (N-methyl/N-ethyl adjacent to an activating group) is 1. The maximum absolute atomic E-state index is 12.1. The van der Waals surface area contributed by atoms with E-state index in [4.69, 9.17) is 15.2 Å². The first-order valence-electron chi connectivity index (χ1n) is 11.9. The van der Waals surface area contributed by atoms with E-state index >= 15 is 0 Å². The number of aliphatic hydroxyl groups is 1. The fourth-order valence-electron chi connectivity index (χ4n) is 4.31. The molecule has 1 aliphatic rings. The van der Waals surface area contributed by atoms with Crippen LogP contribution in [0.3, 0.4) is 0 Å². The monoisotopic (exact) mass is 514 g/mol. The van der Waals surface area contributed by atoms with E-state index in [-0.39, 0.29) is 0 Å². The number of hydrogen-bond acceptors (Lipinski definition) is 10. The van der Waals surface area contributed by atoms with E-state index in [0.29, 0.717) is 41.4 Å². The largest absolute Gasteiger partial charge is 0.489 e. The lowest BCUT2D eigenvalue weighted by atomic mass is 10.1. The molecular weight excluding hydrogens is 488 g/mol. The molecule has 0 saturated carbocycles. The highest BCUT2D eigenvalue weighted by molar-refractivity contribution is 5.83. The van der Waals surface area contributed by atoms with E-state index in [1.807, 2.05) is 30.3 Å². The molecule has 1 amide bonds. The molecule has 4 atom stereocenters. The number of nitrogens with one attached hydrogen (secondary N) is 2. The molecule has 0 aliphatic carbocycles. The number of ether oxygens (including phenoxy) is 2. The number of nitriles is 1. The van der Waals surface area contributed by atoms with Crippen LogP contribution in [0.5, 0.6) is 5.75 Å². The number of aromatic nitrogens is 4. The molecule has 1 fully saturated rings. The molecule has 5 N–H and O–H groups in total. The number of aliphatic hydroxyl groups excluding tert-OH is 1. The Morgan fingerprint density at radius 2 is 2.05 bits per heavy atom. The van der Waals surface area contributed by atoms with E-state index in [2.05, 4.69) is 31.7 Å². The molecule has 38 heavy (non-hydrogen) atoms. The molecule has 12 nitrogen and oxygen atoms in total. The molecule has 12 heteroatoms. The van der Waals surface area contributed by atoms with Gasteiger partial charge in [-0.1, -0.05) is 30.3 Å². The van der Waals surface area contributed by atoms with Crippen molar-refractivity contribution in [3.05, 3.63) is 77.9 Å². The first-order valence-corrected chi connectivity index (χ1v) is 11.9. The van der Waals surface area contributed by atoms with Gasteiger partial charge in [0.05, 0.1) is 24.0 Å². The number of nitrogens with two attached hydrogens (primary N) is 1. The third-order valence-corrected chi connectivity index (χ3v) is 6.33. The predicted molar refractivity (Wildman–Crippen MR) is 137 cm³/mol. The zero-order valence-corrected chi connectivity index (χ0v) is 20.5. The molecule has 3 heterocycles. The summed E-state index contributed by atoms with van der Waals surface area (Å²) in [6.07, 6.45) is -0.302. The molecule has 194 valence electrons. The molecule has 5 rings (SSSR count). The van der Waals surface area contributed by atoms with Crippen molar-refractivity contribution in [1.82, 2.24) is 24.8 Å². The topological polar surface area (TPSA) is 173 Å². The highest BCUT2D eigenvalue weighted by Crippen LogP contribution is 2.32. The van der Waals surface area contributed by atoms with Gasteiger partial charge >= 0.3 is 0 Å². The van der Waals surface area contributed by atoms with E-state index in [9.17, 15) is 15.2 Å². The van der Waals surface area contributed by atoms with Crippen LogP contribution in [-0.4, -0.2) is 55.8 Å². The molecule has 2 aromatic heterocycles. The lowest BCUT2D eigenvalue weighted by Gasteiger charge is -2.17. The number of nitrogens with zero attached hydrogens (tertiary/aromatic N) is 5. The summed E-state index contributed by atoms with van der Waals surface area (Å²) in [5.41, 5.74) is 9.14. The predicted octanol–water partition coefficient (Wildman–Crippen LogP) is 1.22. The smallest absolute Gasteiger partial charge is 0.250 e. The van der Waals surface area contributed by atoms with Gasteiger partial charge in [0.25, 0.3) is 5.91 Å². The minimum absolute atomic E-state index is 0.296. The van der Waals surface area contributed by atoms with Crippen molar-refractivity contribution >= 4 is 22.9 Å². The molecule has 1 saturated heterocycles. The molecule has 0 unspecified atom stereocenters. The van der Waals surface area contributed by atoms with Gasteiger partial charge < -0.3 is 30.9 Å². The van der Waals surface area contributed by atoms with Gasteiger partial charge in [0.2, 0.25) is 0 Å². The van der Waals surface area contributed by atoms with Crippen molar-refractivity contribution in [3.8, 4) is 11.8 Å². The summed E-state index contributed by atoms with van der Waals surface area (Å²) in [5, 5.41) is 25.8. The Balaban J connectivity index is 1.37. The average molecular weight is 515 g/mol. The zero-order valence-electron chi connectivity index (χ0n) is 20.5. The summed E-state index contributed by atoms with van der Waals surface area (Å²) in [7, 11) is 1.47. The van der Waals surface area contributed by atoms with Gasteiger partial charge in [-0.3, -0.25) is 9.36 Å². The summed E-state index contributed by atoms with van der Waals surface area (Å²) < 4.78 is 13.3. The van der Waals surface area contributed by atoms with Crippen molar-refractivity contribution in [3.63, 3.8) is 0 Å². The number of anilines is 1. The van der Waals surface area contributed by atoms with Crippen molar-refractivity contribution < 1.29 is 19.4 Å². The van der Waals surface area contributed by atoms with E-state index in [1.54, 1.807) is 18.2 Å². The second-order valence-corrected chi connectivity index (χ2v) is 8.74. The second-order valence-electron chi connectivity index (χ2n) is 8.74. The van der Waals surface area contributed by atoms with Crippen molar-refractivity contribution in [1.29, 1.82) is 5.26 Å². The minimum Gasteiger partial charge on any atom is -0.489 e. The molecule has 0 bridgehead atoms. The number of rotatable bonds is 8. The summed E-state index contributed by atoms with van der Waals surface area (Å²) in [6, 6.07) is 16.3. The lowest BCUT2D eigenvalue weighted by Crippen LogP contribution is -2.46. The molecule has 4 aromatic rings. The summed E-state index contributed by atoms with van der Waals surface area (Å²) in [4.78, 5) is 25.2. The van der Waals surface area contributed by atoms with Crippen LogP contribution in [0.4, 0.5) is 5.82 Å². The quantitative estimate of drug-likeness (QED) is 0.268. The third kappa shape index (κ3) is 4.85. The first-order chi connectivity index (χ1) is 18.5. The Morgan fingerprint density at radius 3 is 2.82 bits per heavy atom. The average Bonchev–Trinajstić information content (AvgIpc) is 3.51. The van der Waals surface area contributed by atoms with Gasteiger partial charge in [0.15, 0.2) is 29.3 Å². The number of hydrogen-bond donors (Lipinski definition) is 4. The van der Waals surface area contributed by atoms with Crippen LogP contribution in [0.15, 0.2) is 61.2 Å². The van der Waals surface area contributed by atoms with Crippen LogP contribution >= 0.6 is 0 Å². The number of carbonyl (C=O) groups is 1. The van der Waals surface area contributed by atoms with E-state index in [1.165, 1.54) is 24.3 Å². The van der Waals surface area contributed by atoms with Gasteiger partial charge in [0, 0.05) is 19.2 Å². The van der Waals surface area contributed by atoms with Crippen molar-refractivity contribution in [2.75, 3.05) is 12.4 Å². The van der Waals surface area contributed by atoms with E-state index < -0.39 is 30.4 Å². The normalized spacial score (nSPS) is 20.7. The Hall–Kier alpha value is -4.57. The number of benzene rings is 2. The molecular formula is C26H26N8O4. The summed E-state index contributed by atoms with van der Waals surface area (Å²) in [6.45, 7) is 0.676. The lowest BCUT2D eigenvalue weighted by molar-refractivity contribution is -0.134. The van der Waals surface area contributed by atoms with Crippen molar-refractivity contribution in [2.24, 2.45) is 5.73 Å². The summed E-state index contributed by atoms with van der Waals surface area (Å²) in [5.74, 6) is 0.642. The highest BCUT2D eigenvalue weighted by atomic mass is 16.5. The van der Waals surface area contributed by atoms with Gasteiger partial charge in [-0.25, -0.2) is 15.0 Å². The van der Waals surface area contributed by atoms with Gasteiger partial charge in [-0.2, -0.15) is 5.26 Å². The van der Waals surface area contributed by atoms with Crippen LogP contribution in [0.1, 0.15) is 22.9 Å². The minimum atomic E-state index is -1.15. The van der Waals surface area contributed by atoms with Crippen LogP contribution in [-0.2, 0) is 22.7 Å². The van der Waals surface area contributed by atoms with Crippen LogP contribution in [0.25, 0.3) is 11.2 Å². The van der Waals surface area contributed by atoms with Crippen LogP contribution in [0, 0.1) is 11.3 Å². The molecule has 0 radical (unpaired) electrons. The maximum Gasteiger partial charge on any atom is 0.250 e. The first kappa shape index (κ1) is 25.1. The summed E-state index contributed by atoms with van der Waals surface area (Å²) >= 11 is 0. The molecule has 2 aromatic carbocycles. The van der Waals surface area contributed by atoms with Crippen molar-refractivity contribution in [2.45, 2.75) is 37.6 Å². The van der Waals surface area contributed by atoms with Gasteiger partial charge in [-0.15, -0.1) is 0 Å². The van der Waals surface area contributed by atoms with E-state index in [0.717, 1.165) is 11.1 Å². The maximum atomic E-state index is 12.1. The fraction of sp³-hybridized carbons (Fsp3) is 0.269. The van der Waals surface area contributed by atoms with Crippen LogP contribution < -0.4 is 21.1 Å². The van der Waals surface area contributed by atoms with Gasteiger partial charge in [-0.05, 0) is 23.8 Å². The Labute approximate surface area is 218 Å². The fourth-order valence-corrected chi connectivity index (χ4v) is 4.31. The standard InChI is InChI=1S/C26H26N8O4/c1-29-25(36)22-19(28)21(35)26(38-22)34-14-33-20-23(31-13-32-24(20)34)30-11-17-9-16(10-27)7-8-18(17)37-12-15-5-3-2-4-6-15/h2-9,13-14,19,21-22,26,35H,11-12,28H2,1H3,(H,29,36)(H,30,31,32)/t19-,21+,22-,26+/m0/s1. The second kappa shape index (κ2) is 10.8.